The van der Waals surface area contributed by atoms with Crippen LogP contribution in [0.25, 0.3) is 0 Å². The summed E-state index contributed by atoms with van der Waals surface area (Å²) in [7, 11) is 0. The van der Waals surface area contributed by atoms with E-state index in [9.17, 15) is 0 Å². The molecule has 22 heavy (non-hydrogen) atoms. The Labute approximate surface area is 134 Å². The van der Waals surface area contributed by atoms with Crippen LogP contribution in [0.5, 0.6) is 0 Å². The molecule has 2 N–H and O–H groups in total. The van der Waals surface area contributed by atoms with Crippen LogP contribution in [0.4, 0.5) is 0 Å². The molecule has 4 heteroatoms. The second-order valence-corrected chi connectivity index (χ2v) is 8.08. The lowest BCUT2D eigenvalue weighted by Crippen LogP contribution is -2.61. The molecule has 4 heterocycles. The first kappa shape index (κ1) is 15.4. The Balaban J connectivity index is 1.42. The van der Waals surface area contributed by atoms with E-state index in [0.29, 0.717) is 18.6 Å². The summed E-state index contributed by atoms with van der Waals surface area (Å²) in [5, 5.41) is 0. The molecule has 1 unspecified atom stereocenters. The summed E-state index contributed by atoms with van der Waals surface area (Å²) >= 11 is 0. The first-order valence-electron chi connectivity index (χ1n) is 9.50. The maximum Gasteiger partial charge on any atom is 0.0780 e. The van der Waals surface area contributed by atoms with Gasteiger partial charge in [-0.2, -0.15) is 0 Å². The summed E-state index contributed by atoms with van der Waals surface area (Å²) in [5.74, 6) is 1.36. The topological polar surface area (TPSA) is 47.7 Å². The molecule has 0 aromatic carbocycles. The average Bonchev–Trinajstić information content (AvgIpc) is 3.27. The van der Waals surface area contributed by atoms with Gasteiger partial charge in [-0.05, 0) is 63.5 Å². The smallest absolute Gasteiger partial charge is 0.0780 e. The SMILES string of the molecule is N[C@@](CO[C@H]1CN2CCC1CC2)(C1CCCC1)C1CCCO1. The minimum absolute atomic E-state index is 0.219. The minimum Gasteiger partial charge on any atom is -0.376 e. The van der Waals surface area contributed by atoms with Crippen molar-refractivity contribution in [2.24, 2.45) is 17.6 Å². The molecule has 5 fully saturated rings. The predicted molar refractivity (Wildman–Crippen MR) is 86.8 cm³/mol. The molecule has 0 aromatic heterocycles. The molecule has 0 spiro atoms. The highest BCUT2D eigenvalue weighted by Crippen LogP contribution is 2.39. The molecule has 0 radical (unpaired) electrons. The van der Waals surface area contributed by atoms with E-state index < -0.39 is 0 Å². The van der Waals surface area contributed by atoms with Crippen molar-refractivity contribution in [1.82, 2.24) is 4.90 Å². The van der Waals surface area contributed by atoms with Gasteiger partial charge >= 0.3 is 0 Å². The molecule has 1 saturated carbocycles. The molecule has 4 aliphatic heterocycles. The van der Waals surface area contributed by atoms with Crippen LogP contribution >= 0.6 is 0 Å². The van der Waals surface area contributed by atoms with E-state index in [4.69, 9.17) is 15.2 Å². The number of nitrogens with two attached hydrogens (primary N) is 1. The minimum atomic E-state index is -0.251. The van der Waals surface area contributed by atoms with E-state index in [1.165, 1.54) is 51.6 Å². The van der Waals surface area contributed by atoms with Crippen molar-refractivity contribution in [1.29, 1.82) is 0 Å². The van der Waals surface area contributed by atoms with Crippen molar-refractivity contribution in [3.05, 3.63) is 0 Å². The maximum atomic E-state index is 6.96. The van der Waals surface area contributed by atoms with E-state index in [0.717, 1.165) is 31.9 Å². The van der Waals surface area contributed by atoms with Crippen LogP contribution in [0.15, 0.2) is 0 Å². The number of nitrogens with zero attached hydrogens (tertiary/aromatic N) is 1. The van der Waals surface area contributed by atoms with Gasteiger partial charge in [0, 0.05) is 13.2 Å². The largest absolute Gasteiger partial charge is 0.376 e. The number of rotatable bonds is 5. The van der Waals surface area contributed by atoms with Gasteiger partial charge in [-0.3, -0.25) is 0 Å². The molecule has 1 aliphatic carbocycles. The quantitative estimate of drug-likeness (QED) is 0.845. The van der Waals surface area contributed by atoms with Crippen molar-refractivity contribution >= 4 is 0 Å². The number of hydrogen-bond donors (Lipinski definition) is 1. The summed E-state index contributed by atoms with van der Waals surface area (Å²) < 4.78 is 12.5. The molecule has 3 atom stereocenters. The molecule has 4 nitrogen and oxygen atoms in total. The molecular formula is C18H32N2O2. The first-order chi connectivity index (χ1) is 10.8. The fourth-order valence-corrected chi connectivity index (χ4v) is 5.29. The standard InChI is InChI=1S/C18H32N2O2/c19-18(15-4-1-2-5-15,17-6-3-11-21-17)13-22-16-12-20-9-7-14(16)8-10-20/h14-17H,1-13,19H2/t16-,17?,18-/m0/s1. The van der Waals surface area contributed by atoms with Crippen LogP contribution in [-0.2, 0) is 9.47 Å². The van der Waals surface area contributed by atoms with Crippen LogP contribution in [0.2, 0.25) is 0 Å². The van der Waals surface area contributed by atoms with Gasteiger partial charge in [0.25, 0.3) is 0 Å². The van der Waals surface area contributed by atoms with E-state index in [-0.39, 0.29) is 11.6 Å². The summed E-state index contributed by atoms with van der Waals surface area (Å²) in [6.45, 7) is 5.25. The highest BCUT2D eigenvalue weighted by molar-refractivity contribution is 5.02. The van der Waals surface area contributed by atoms with Gasteiger partial charge in [0.05, 0.1) is 24.4 Å². The number of hydrogen-bond acceptors (Lipinski definition) is 4. The van der Waals surface area contributed by atoms with Crippen LogP contribution < -0.4 is 5.73 Å². The number of ether oxygens (including phenoxy) is 2. The Morgan fingerprint density at radius 1 is 1.05 bits per heavy atom. The lowest BCUT2D eigenvalue weighted by molar-refractivity contribution is -0.108. The highest BCUT2D eigenvalue weighted by Gasteiger charge is 2.46. The number of piperidine rings is 3. The fraction of sp³-hybridized carbons (Fsp3) is 1.00. The second-order valence-electron chi connectivity index (χ2n) is 8.08. The Hall–Kier alpha value is -0.160. The van der Waals surface area contributed by atoms with Crippen molar-refractivity contribution in [3.8, 4) is 0 Å². The molecule has 4 saturated heterocycles. The van der Waals surface area contributed by atoms with Gasteiger partial charge in [0.2, 0.25) is 0 Å². The van der Waals surface area contributed by atoms with Crippen LogP contribution in [0.1, 0.15) is 51.4 Å². The molecule has 5 rings (SSSR count). The normalized spacial score (nSPS) is 41.9. The van der Waals surface area contributed by atoms with Gasteiger partial charge in [-0.15, -0.1) is 0 Å². The zero-order chi connectivity index (χ0) is 15.0. The van der Waals surface area contributed by atoms with Crippen LogP contribution in [0, 0.1) is 11.8 Å². The summed E-state index contributed by atoms with van der Waals surface area (Å²) in [6, 6.07) is 0. The van der Waals surface area contributed by atoms with Gasteiger partial charge in [-0.25, -0.2) is 0 Å². The van der Waals surface area contributed by atoms with Crippen molar-refractivity contribution in [2.45, 2.75) is 69.1 Å². The third-order valence-electron chi connectivity index (χ3n) is 6.79. The summed E-state index contributed by atoms with van der Waals surface area (Å²) in [6.07, 6.45) is 10.7. The molecule has 2 bridgehead atoms. The predicted octanol–water partition coefficient (Wildman–Crippen LogP) is 2.16. The van der Waals surface area contributed by atoms with Crippen LogP contribution in [0.3, 0.4) is 0 Å². The van der Waals surface area contributed by atoms with E-state index in [2.05, 4.69) is 4.90 Å². The third-order valence-corrected chi connectivity index (χ3v) is 6.79. The monoisotopic (exact) mass is 308 g/mol. The van der Waals surface area contributed by atoms with Gasteiger partial charge in [0.15, 0.2) is 0 Å². The lowest BCUT2D eigenvalue weighted by Gasteiger charge is -2.47. The van der Waals surface area contributed by atoms with Crippen molar-refractivity contribution in [2.75, 3.05) is 32.8 Å². The van der Waals surface area contributed by atoms with Crippen molar-refractivity contribution in [3.63, 3.8) is 0 Å². The second kappa shape index (κ2) is 6.39. The zero-order valence-electron chi connectivity index (χ0n) is 13.8. The Kier molecular flexibility index (Phi) is 4.46. The Morgan fingerprint density at radius 2 is 1.82 bits per heavy atom. The molecule has 0 aromatic rings. The average molecular weight is 308 g/mol. The van der Waals surface area contributed by atoms with E-state index >= 15 is 0 Å². The van der Waals surface area contributed by atoms with Crippen molar-refractivity contribution < 1.29 is 9.47 Å². The maximum absolute atomic E-state index is 6.96. The molecule has 0 amide bonds. The van der Waals surface area contributed by atoms with Gasteiger partial charge < -0.3 is 20.1 Å². The van der Waals surface area contributed by atoms with Gasteiger partial charge in [-0.1, -0.05) is 12.8 Å². The Morgan fingerprint density at radius 3 is 2.41 bits per heavy atom. The summed E-state index contributed by atoms with van der Waals surface area (Å²) in [5.41, 5.74) is 6.71. The summed E-state index contributed by atoms with van der Waals surface area (Å²) in [4.78, 5) is 2.56. The molecular weight excluding hydrogens is 276 g/mol. The van der Waals surface area contributed by atoms with E-state index in [1.807, 2.05) is 0 Å². The third kappa shape index (κ3) is 2.83. The first-order valence-corrected chi connectivity index (χ1v) is 9.50. The molecule has 5 aliphatic rings. The Bertz CT molecular complexity index is 353. The van der Waals surface area contributed by atoms with Crippen LogP contribution in [-0.4, -0.2) is 55.5 Å². The highest BCUT2D eigenvalue weighted by atomic mass is 16.5. The van der Waals surface area contributed by atoms with E-state index in [1.54, 1.807) is 0 Å². The fourth-order valence-electron chi connectivity index (χ4n) is 5.29. The zero-order valence-corrected chi connectivity index (χ0v) is 13.8. The lowest BCUT2D eigenvalue weighted by atomic mass is 9.78. The number of fused-ring (bicyclic) bond motifs is 3. The van der Waals surface area contributed by atoms with Gasteiger partial charge in [0.1, 0.15) is 0 Å². The molecule has 126 valence electrons.